The molecule has 7 heteroatoms. The summed E-state index contributed by atoms with van der Waals surface area (Å²) in [4.78, 5) is 4.10. The molecular weight excluding hydrogens is 272 g/mol. The van der Waals surface area contributed by atoms with Crippen molar-refractivity contribution in [2.24, 2.45) is 0 Å². The Morgan fingerprint density at radius 3 is 2.78 bits per heavy atom. The molecule has 5 nitrogen and oxygen atoms in total. The van der Waals surface area contributed by atoms with Gasteiger partial charge in [-0.05, 0) is 11.6 Å². The molecule has 1 aromatic heterocycles. The molecule has 0 saturated carbocycles. The molecule has 2 rings (SSSR count). The van der Waals surface area contributed by atoms with E-state index >= 15 is 0 Å². The average Bonchev–Trinajstić information content (AvgIpc) is 2.89. The molecule has 0 aliphatic heterocycles. The summed E-state index contributed by atoms with van der Waals surface area (Å²) in [5.41, 5.74) is 2.69. The van der Waals surface area contributed by atoms with Crippen molar-refractivity contribution in [3.8, 4) is 0 Å². The van der Waals surface area contributed by atoms with Crippen LogP contribution in [-0.4, -0.2) is 18.5 Å². The summed E-state index contributed by atoms with van der Waals surface area (Å²) in [6.07, 6.45) is 0. The summed E-state index contributed by atoms with van der Waals surface area (Å²) in [5.74, 6) is 0. The Morgan fingerprint density at radius 2 is 2.11 bits per heavy atom. The SMILES string of the molecule is O=S(=O)(NCc1cscn1)c1ccccc1CO. The van der Waals surface area contributed by atoms with Crippen molar-refractivity contribution >= 4 is 21.4 Å². The number of nitrogens with zero attached hydrogens (tertiary/aromatic N) is 1. The van der Waals surface area contributed by atoms with Gasteiger partial charge in [0.15, 0.2) is 0 Å². The van der Waals surface area contributed by atoms with Crippen LogP contribution in [0.3, 0.4) is 0 Å². The molecule has 0 atom stereocenters. The highest BCUT2D eigenvalue weighted by molar-refractivity contribution is 7.89. The number of aromatic nitrogens is 1. The highest BCUT2D eigenvalue weighted by Gasteiger charge is 2.17. The van der Waals surface area contributed by atoms with Crippen molar-refractivity contribution in [2.75, 3.05) is 0 Å². The predicted molar refractivity (Wildman–Crippen MR) is 68.5 cm³/mol. The lowest BCUT2D eigenvalue weighted by Crippen LogP contribution is -2.24. The minimum Gasteiger partial charge on any atom is -0.392 e. The normalized spacial score (nSPS) is 11.6. The minimum atomic E-state index is -3.62. The van der Waals surface area contributed by atoms with Crippen LogP contribution in [0.1, 0.15) is 11.3 Å². The van der Waals surface area contributed by atoms with E-state index < -0.39 is 10.0 Å². The molecule has 0 aliphatic rings. The van der Waals surface area contributed by atoms with Gasteiger partial charge in [-0.2, -0.15) is 0 Å². The van der Waals surface area contributed by atoms with Gasteiger partial charge in [-0.1, -0.05) is 18.2 Å². The molecule has 0 aliphatic carbocycles. The van der Waals surface area contributed by atoms with E-state index in [0.717, 1.165) is 0 Å². The van der Waals surface area contributed by atoms with Crippen LogP contribution in [0, 0.1) is 0 Å². The lowest BCUT2D eigenvalue weighted by atomic mass is 10.2. The van der Waals surface area contributed by atoms with Gasteiger partial charge >= 0.3 is 0 Å². The monoisotopic (exact) mass is 284 g/mol. The maximum atomic E-state index is 12.1. The fourth-order valence-electron chi connectivity index (χ4n) is 1.47. The number of thiazole rings is 1. The van der Waals surface area contributed by atoms with E-state index in [2.05, 4.69) is 9.71 Å². The van der Waals surface area contributed by atoms with E-state index in [1.165, 1.54) is 17.4 Å². The van der Waals surface area contributed by atoms with Gasteiger partial charge in [0, 0.05) is 5.38 Å². The zero-order chi connectivity index (χ0) is 13.0. The molecule has 96 valence electrons. The second kappa shape index (κ2) is 5.57. The first-order valence-corrected chi connectivity index (χ1v) is 7.61. The van der Waals surface area contributed by atoms with Crippen LogP contribution >= 0.6 is 11.3 Å². The number of aliphatic hydroxyl groups is 1. The molecule has 1 aromatic carbocycles. The first kappa shape index (κ1) is 13.2. The van der Waals surface area contributed by atoms with E-state index in [4.69, 9.17) is 5.11 Å². The summed E-state index contributed by atoms with van der Waals surface area (Å²) < 4.78 is 26.6. The summed E-state index contributed by atoms with van der Waals surface area (Å²) in [6.45, 7) is -0.167. The fraction of sp³-hybridized carbons (Fsp3) is 0.182. The van der Waals surface area contributed by atoms with Gasteiger partial charge in [-0.25, -0.2) is 18.1 Å². The van der Waals surface area contributed by atoms with Gasteiger partial charge < -0.3 is 5.11 Å². The third kappa shape index (κ3) is 2.94. The van der Waals surface area contributed by atoms with Crippen molar-refractivity contribution in [2.45, 2.75) is 18.0 Å². The molecule has 0 fully saturated rings. The van der Waals surface area contributed by atoms with Crippen molar-refractivity contribution < 1.29 is 13.5 Å². The second-order valence-electron chi connectivity index (χ2n) is 3.57. The maximum absolute atomic E-state index is 12.1. The van der Waals surface area contributed by atoms with Crippen molar-refractivity contribution in [1.29, 1.82) is 0 Å². The maximum Gasteiger partial charge on any atom is 0.241 e. The van der Waals surface area contributed by atoms with Gasteiger partial charge in [0.25, 0.3) is 0 Å². The van der Waals surface area contributed by atoms with Crippen molar-refractivity contribution in [1.82, 2.24) is 9.71 Å². The van der Waals surface area contributed by atoms with Crippen LogP contribution < -0.4 is 4.72 Å². The number of nitrogens with one attached hydrogen (secondary N) is 1. The molecule has 0 saturated heterocycles. The first-order chi connectivity index (χ1) is 8.63. The zero-order valence-corrected chi connectivity index (χ0v) is 11.0. The van der Waals surface area contributed by atoms with Gasteiger partial charge in [0.1, 0.15) is 0 Å². The van der Waals surface area contributed by atoms with Crippen molar-refractivity contribution in [3.63, 3.8) is 0 Å². The molecule has 0 amide bonds. The van der Waals surface area contributed by atoms with E-state index in [1.807, 2.05) is 0 Å². The highest BCUT2D eigenvalue weighted by atomic mass is 32.2. The lowest BCUT2D eigenvalue weighted by Gasteiger charge is -2.09. The fourth-order valence-corrected chi connectivity index (χ4v) is 3.26. The second-order valence-corrected chi connectivity index (χ2v) is 6.02. The van der Waals surface area contributed by atoms with Gasteiger partial charge in [0.2, 0.25) is 10.0 Å². The van der Waals surface area contributed by atoms with Crippen molar-refractivity contribution in [3.05, 3.63) is 46.4 Å². The van der Waals surface area contributed by atoms with E-state index in [-0.39, 0.29) is 18.0 Å². The topological polar surface area (TPSA) is 79.3 Å². The molecule has 18 heavy (non-hydrogen) atoms. The predicted octanol–water partition coefficient (Wildman–Crippen LogP) is 1.11. The third-order valence-corrected chi connectivity index (χ3v) is 4.50. The Bertz CT molecular complexity index is 609. The molecule has 2 N–H and O–H groups in total. The number of benzene rings is 1. The number of hydrogen-bond acceptors (Lipinski definition) is 5. The Kier molecular flexibility index (Phi) is 4.07. The van der Waals surface area contributed by atoms with E-state index in [1.54, 1.807) is 29.1 Å². The number of rotatable bonds is 5. The summed E-state index contributed by atoms with van der Waals surface area (Å²) >= 11 is 1.41. The largest absolute Gasteiger partial charge is 0.392 e. The number of aliphatic hydroxyl groups excluding tert-OH is 1. The van der Waals surface area contributed by atoms with Gasteiger partial charge in [0.05, 0.1) is 29.3 Å². The van der Waals surface area contributed by atoms with Gasteiger partial charge in [-0.15, -0.1) is 11.3 Å². The molecule has 0 unspecified atom stereocenters. The van der Waals surface area contributed by atoms with Crippen LogP contribution in [0.4, 0.5) is 0 Å². The summed E-state index contributed by atoms with van der Waals surface area (Å²) in [7, 11) is -3.62. The van der Waals surface area contributed by atoms with Crippen LogP contribution in [0.5, 0.6) is 0 Å². The van der Waals surface area contributed by atoms with Crippen LogP contribution in [0.2, 0.25) is 0 Å². The third-order valence-electron chi connectivity index (χ3n) is 2.36. The minimum absolute atomic E-state index is 0.0997. The van der Waals surface area contributed by atoms with Crippen LogP contribution in [0.15, 0.2) is 40.1 Å². The smallest absolute Gasteiger partial charge is 0.241 e. The lowest BCUT2D eigenvalue weighted by molar-refractivity contribution is 0.278. The Hall–Kier alpha value is -1.28. The number of hydrogen-bond donors (Lipinski definition) is 2. The molecular formula is C11H12N2O3S2. The Morgan fingerprint density at radius 1 is 1.33 bits per heavy atom. The standard InChI is InChI=1S/C11H12N2O3S2/c14-6-9-3-1-2-4-11(9)18(15,16)13-5-10-7-17-8-12-10/h1-4,7-8,13-14H,5-6H2. The Balaban J connectivity index is 2.20. The van der Waals surface area contributed by atoms with E-state index in [0.29, 0.717) is 11.3 Å². The molecule has 0 radical (unpaired) electrons. The molecule has 0 bridgehead atoms. The van der Waals surface area contributed by atoms with Crippen LogP contribution in [0.25, 0.3) is 0 Å². The van der Waals surface area contributed by atoms with Gasteiger partial charge in [-0.3, -0.25) is 0 Å². The summed E-state index contributed by atoms with van der Waals surface area (Å²) in [5, 5.41) is 10.9. The highest BCUT2D eigenvalue weighted by Crippen LogP contribution is 2.15. The summed E-state index contributed by atoms with van der Waals surface area (Å²) in [6, 6.07) is 6.36. The molecule has 2 aromatic rings. The quantitative estimate of drug-likeness (QED) is 0.862. The van der Waals surface area contributed by atoms with E-state index in [9.17, 15) is 8.42 Å². The molecule has 1 heterocycles. The first-order valence-electron chi connectivity index (χ1n) is 5.19. The van der Waals surface area contributed by atoms with Crippen LogP contribution in [-0.2, 0) is 23.2 Å². The zero-order valence-electron chi connectivity index (χ0n) is 9.41. The number of sulfonamides is 1. The molecule has 0 spiro atoms. The average molecular weight is 284 g/mol. The Labute approximate surface area is 109 Å².